The lowest BCUT2D eigenvalue weighted by Crippen LogP contribution is -2.15. The molecule has 2 aromatic rings. The van der Waals surface area contributed by atoms with Crippen molar-refractivity contribution in [3.63, 3.8) is 0 Å². The summed E-state index contributed by atoms with van der Waals surface area (Å²) in [6, 6.07) is 19.5. The first-order chi connectivity index (χ1) is 10.2. The van der Waals surface area contributed by atoms with Crippen molar-refractivity contribution in [1.82, 2.24) is 5.32 Å². The number of ketones is 1. The highest BCUT2D eigenvalue weighted by Gasteiger charge is 2.11. The van der Waals surface area contributed by atoms with E-state index in [1.165, 1.54) is 6.08 Å². The Hall–Kier alpha value is -1.77. The van der Waals surface area contributed by atoms with Gasteiger partial charge in [-0.2, -0.15) is 0 Å². The molecule has 21 heavy (non-hydrogen) atoms. The Bertz CT molecular complexity index is 609. The Morgan fingerprint density at radius 3 is 2.14 bits per heavy atom. The maximum absolute atomic E-state index is 11.8. The maximum atomic E-state index is 11.8. The van der Waals surface area contributed by atoms with Crippen LogP contribution in [0.2, 0.25) is 0 Å². The third-order valence-electron chi connectivity index (χ3n) is 2.91. The van der Waals surface area contributed by atoms with Crippen molar-refractivity contribution in [2.24, 2.45) is 0 Å². The van der Waals surface area contributed by atoms with Gasteiger partial charge < -0.3 is 5.32 Å². The zero-order valence-corrected chi connectivity index (χ0v) is 12.8. The largest absolute Gasteiger partial charge is 0.380 e. The quantitative estimate of drug-likeness (QED) is 0.639. The summed E-state index contributed by atoms with van der Waals surface area (Å²) in [5, 5.41) is 3.26. The van der Waals surface area contributed by atoms with Gasteiger partial charge in [-0.15, -0.1) is 0 Å². The molecular formula is C17H15Cl2NO. The Morgan fingerprint density at radius 2 is 1.57 bits per heavy atom. The van der Waals surface area contributed by atoms with E-state index in [4.69, 9.17) is 23.2 Å². The molecule has 0 fully saturated rings. The van der Waals surface area contributed by atoms with Crippen LogP contribution in [0.4, 0.5) is 0 Å². The molecule has 0 aromatic heterocycles. The van der Waals surface area contributed by atoms with Crippen molar-refractivity contribution in [3.05, 3.63) is 77.9 Å². The topological polar surface area (TPSA) is 29.1 Å². The average molecular weight is 320 g/mol. The fraction of sp³-hybridized carbons (Fsp3) is 0.118. The predicted molar refractivity (Wildman–Crippen MR) is 88.2 cm³/mol. The lowest BCUT2D eigenvalue weighted by Gasteiger charge is -2.12. The van der Waals surface area contributed by atoms with E-state index in [0.29, 0.717) is 12.2 Å². The maximum Gasteiger partial charge on any atom is 0.190 e. The van der Waals surface area contributed by atoms with E-state index in [0.717, 1.165) is 11.1 Å². The molecule has 0 saturated carbocycles. The van der Waals surface area contributed by atoms with Gasteiger partial charge in [0.2, 0.25) is 0 Å². The first-order valence-electron chi connectivity index (χ1n) is 6.54. The number of nitrogens with one attached hydrogen (secondary N) is 1. The van der Waals surface area contributed by atoms with Crippen LogP contribution in [-0.2, 0) is 11.3 Å². The number of benzene rings is 2. The van der Waals surface area contributed by atoms with Gasteiger partial charge >= 0.3 is 0 Å². The van der Waals surface area contributed by atoms with Crippen LogP contribution in [-0.4, -0.2) is 10.6 Å². The fourth-order valence-corrected chi connectivity index (χ4v) is 1.98. The SMILES string of the molecule is O=C(/C=C(/NCc1ccccc1)c1ccccc1)C(Cl)Cl. The van der Waals surface area contributed by atoms with Crippen molar-refractivity contribution in [2.75, 3.05) is 0 Å². The summed E-state index contributed by atoms with van der Waals surface area (Å²) in [5.41, 5.74) is 2.74. The number of rotatable bonds is 6. The lowest BCUT2D eigenvalue weighted by molar-refractivity contribution is -0.113. The van der Waals surface area contributed by atoms with Crippen LogP contribution in [0.25, 0.3) is 5.70 Å². The molecule has 0 aliphatic carbocycles. The molecule has 0 aliphatic rings. The molecule has 0 bridgehead atoms. The van der Waals surface area contributed by atoms with Crippen LogP contribution < -0.4 is 5.32 Å². The van der Waals surface area contributed by atoms with Crippen molar-refractivity contribution in [3.8, 4) is 0 Å². The van der Waals surface area contributed by atoms with Crippen LogP contribution in [0.3, 0.4) is 0 Å². The molecule has 0 unspecified atom stereocenters. The van der Waals surface area contributed by atoms with E-state index in [1.807, 2.05) is 60.7 Å². The second kappa shape index (κ2) is 7.87. The van der Waals surface area contributed by atoms with Gasteiger partial charge in [0.25, 0.3) is 0 Å². The highest BCUT2D eigenvalue weighted by Crippen LogP contribution is 2.14. The summed E-state index contributed by atoms with van der Waals surface area (Å²) in [6.45, 7) is 0.615. The van der Waals surface area contributed by atoms with Gasteiger partial charge in [-0.1, -0.05) is 83.9 Å². The molecule has 0 saturated heterocycles. The summed E-state index contributed by atoms with van der Waals surface area (Å²) in [4.78, 5) is 10.7. The van der Waals surface area contributed by atoms with Gasteiger partial charge in [-0.05, 0) is 11.1 Å². The van der Waals surface area contributed by atoms with E-state index < -0.39 is 4.84 Å². The molecule has 0 heterocycles. The number of alkyl halides is 2. The second-order valence-electron chi connectivity index (χ2n) is 4.47. The number of halogens is 2. The third-order valence-corrected chi connectivity index (χ3v) is 3.34. The Labute approximate surface area is 134 Å². The molecule has 2 nitrogen and oxygen atoms in total. The molecule has 0 radical (unpaired) electrons. The van der Waals surface area contributed by atoms with Crippen LogP contribution >= 0.6 is 23.2 Å². The Balaban J connectivity index is 2.18. The van der Waals surface area contributed by atoms with Gasteiger partial charge in [0.1, 0.15) is 0 Å². The van der Waals surface area contributed by atoms with E-state index >= 15 is 0 Å². The van der Waals surface area contributed by atoms with E-state index in [2.05, 4.69) is 5.32 Å². The minimum atomic E-state index is -1.05. The molecule has 2 rings (SSSR count). The molecule has 0 amide bonds. The predicted octanol–water partition coefficient (Wildman–Crippen LogP) is 4.19. The van der Waals surface area contributed by atoms with Crippen molar-refractivity contribution in [2.45, 2.75) is 11.4 Å². The monoisotopic (exact) mass is 319 g/mol. The zero-order chi connectivity index (χ0) is 15.1. The highest BCUT2D eigenvalue weighted by molar-refractivity contribution is 6.55. The second-order valence-corrected chi connectivity index (χ2v) is 5.56. The normalized spacial score (nSPS) is 11.5. The van der Waals surface area contributed by atoms with Crippen LogP contribution in [0, 0.1) is 0 Å². The molecular weight excluding hydrogens is 305 g/mol. The molecule has 4 heteroatoms. The first kappa shape index (κ1) is 15.6. The summed E-state index contributed by atoms with van der Waals surface area (Å²) >= 11 is 11.2. The molecule has 0 spiro atoms. The Morgan fingerprint density at radius 1 is 1.00 bits per heavy atom. The van der Waals surface area contributed by atoms with Gasteiger partial charge in [-0.25, -0.2) is 0 Å². The minimum absolute atomic E-state index is 0.335. The number of hydrogen-bond acceptors (Lipinski definition) is 2. The first-order valence-corrected chi connectivity index (χ1v) is 7.41. The summed E-state index contributed by atoms with van der Waals surface area (Å²) < 4.78 is 0. The molecule has 1 N–H and O–H groups in total. The molecule has 2 aromatic carbocycles. The van der Waals surface area contributed by atoms with E-state index in [9.17, 15) is 4.79 Å². The molecule has 108 valence electrons. The van der Waals surface area contributed by atoms with Crippen molar-refractivity contribution >= 4 is 34.7 Å². The fourth-order valence-electron chi connectivity index (χ4n) is 1.85. The van der Waals surface area contributed by atoms with Crippen LogP contribution in [0.5, 0.6) is 0 Å². The number of allylic oxidation sites excluding steroid dienone is 1. The number of carbonyl (C=O) groups is 1. The summed E-state index contributed by atoms with van der Waals surface area (Å²) in [7, 11) is 0. The van der Waals surface area contributed by atoms with E-state index in [1.54, 1.807) is 0 Å². The standard InChI is InChI=1S/C17H15Cl2NO/c18-17(19)16(21)11-15(14-9-5-2-6-10-14)20-12-13-7-3-1-4-8-13/h1-11,17,20H,12H2/b15-11+. The molecule has 0 atom stereocenters. The van der Waals surface area contributed by atoms with Crippen LogP contribution in [0.1, 0.15) is 11.1 Å². The highest BCUT2D eigenvalue weighted by atomic mass is 35.5. The summed E-state index contributed by atoms with van der Waals surface area (Å²) in [5.74, 6) is -0.335. The van der Waals surface area contributed by atoms with Crippen molar-refractivity contribution < 1.29 is 4.79 Å². The van der Waals surface area contributed by atoms with Gasteiger partial charge in [0.15, 0.2) is 10.6 Å². The minimum Gasteiger partial charge on any atom is -0.380 e. The molecule has 0 aliphatic heterocycles. The van der Waals surface area contributed by atoms with Gasteiger partial charge in [0.05, 0.1) is 0 Å². The zero-order valence-electron chi connectivity index (χ0n) is 11.3. The van der Waals surface area contributed by atoms with Crippen molar-refractivity contribution in [1.29, 1.82) is 0 Å². The van der Waals surface area contributed by atoms with Crippen LogP contribution in [0.15, 0.2) is 66.7 Å². The lowest BCUT2D eigenvalue weighted by atomic mass is 10.1. The Kier molecular flexibility index (Phi) is 5.85. The summed E-state index contributed by atoms with van der Waals surface area (Å²) in [6.07, 6.45) is 1.45. The average Bonchev–Trinajstić information content (AvgIpc) is 2.53. The smallest absolute Gasteiger partial charge is 0.190 e. The van der Waals surface area contributed by atoms with E-state index in [-0.39, 0.29) is 5.78 Å². The third kappa shape index (κ3) is 4.92. The number of hydrogen-bond donors (Lipinski definition) is 1. The van der Waals surface area contributed by atoms with Gasteiger partial charge in [-0.3, -0.25) is 4.79 Å². The number of carbonyl (C=O) groups excluding carboxylic acids is 1. The van der Waals surface area contributed by atoms with Gasteiger partial charge in [0, 0.05) is 18.3 Å².